The highest BCUT2D eigenvalue weighted by Crippen LogP contribution is 2.31. The number of hydrogen-bond donors (Lipinski definition) is 1. The van der Waals surface area contributed by atoms with E-state index in [2.05, 4.69) is 20.9 Å². The van der Waals surface area contributed by atoms with Crippen LogP contribution in [0.5, 0.6) is 0 Å². The number of nitrogens with one attached hydrogen (secondary N) is 1. The standard InChI is InChI=1S/C22H14BrNO3/c23-15-8-10-18-17(13-15)20(14-5-2-1-3-6-14)21(22(26)24-18)19(25)11-9-16-7-4-12-27-16/h1-13H,(H,24,26)/b11-9-. The number of carbonyl (C=O) groups excluding carboxylic acids is 1. The van der Waals surface area contributed by atoms with Gasteiger partial charge in [0.05, 0.1) is 11.8 Å². The highest BCUT2D eigenvalue weighted by atomic mass is 79.9. The minimum Gasteiger partial charge on any atom is -0.465 e. The molecule has 0 spiro atoms. The molecule has 0 saturated carbocycles. The molecular formula is C22H14BrNO3. The van der Waals surface area contributed by atoms with Crippen molar-refractivity contribution in [2.24, 2.45) is 0 Å². The van der Waals surface area contributed by atoms with Gasteiger partial charge in [0.25, 0.3) is 5.56 Å². The zero-order chi connectivity index (χ0) is 18.8. The molecule has 27 heavy (non-hydrogen) atoms. The average Bonchev–Trinajstić information content (AvgIpc) is 3.20. The van der Waals surface area contributed by atoms with Crippen LogP contribution in [-0.4, -0.2) is 10.8 Å². The summed E-state index contributed by atoms with van der Waals surface area (Å²) in [4.78, 5) is 28.5. The van der Waals surface area contributed by atoms with Crippen LogP contribution in [0, 0.1) is 0 Å². The molecule has 5 heteroatoms. The van der Waals surface area contributed by atoms with Crippen LogP contribution in [0.2, 0.25) is 0 Å². The third kappa shape index (κ3) is 3.41. The van der Waals surface area contributed by atoms with Crippen molar-refractivity contribution in [1.29, 1.82) is 0 Å². The van der Waals surface area contributed by atoms with Gasteiger partial charge in [-0.3, -0.25) is 9.59 Å². The molecule has 4 nitrogen and oxygen atoms in total. The summed E-state index contributed by atoms with van der Waals surface area (Å²) in [7, 11) is 0. The summed E-state index contributed by atoms with van der Waals surface area (Å²) in [5.41, 5.74) is 1.78. The maximum atomic E-state index is 12.9. The smallest absolute Gasteiger partial charge is 0.260 e. The van der Waals surface area contributed by atoms with Gasteiger partial charge in [-0.1, -0.05) is 46.3 Å². The van der Waals surface area contributed by atoms with Crippen molar-refractivity contribution in [2.45, 2.75) is 0 Å². The number of rotatable bonds is 4. The molecule has 2 aromatic carbocycles. The zero-order valence-corrected chi connectivity index (χ0v) is 15.7. The predicted octanol–water partition coefficient (Wildman–Crippen LogP) is 5.45. The third-order valence-electron chi connectivity index (χ3n) is 4.23. The molecule has 1 N–H and O–H groups in total. The fourth-order valence-electron chi connectivity index (χ4n) is 3.03. The first-order valence-corrected chi connectivity index (χ1v) is 9.09. The van der Waals surface area contributed by atoms with Gasteiger partial charge in [0.2, 0.25) is 0 Å². The second kappa shape index (κ2) is 7.21. The van der Waals surface area contributed by atoms with Crippen LogP contribution in [0.1, 0.15) is 16.1 Å². The molecule has 2 heterocycles. The Morgan fingerprint density at radius 3 is 2.59 bits per heavy atom. The van der Waals surface area contributed by atoms with Gasteiger partial charge < -0.3 is 9.40 Å². The number of fused-ring (bicyclic) bond motifs is 1. The van der Waals surface area contributed by atoms with E-state index in [1.165, 1.54) is 12.3 Å². The van der Waals surface area contributed by atoms with Crippen molar-refractivity contribution in [3.8, 4) is 11.1 Å². The molecule has 2 aromatic heterocycles. The van der Waals surface area contributed by atoms with Gasteiger partial charge in [-0.15, -0.1) is 0 Å². The van der Waals surface area contributed by atoms with E-state index in [0.717, 1.165) is 15.4 Å². The number of benzene rings is 2. The number of halogens is 1. The van der Waals surface area contributed by atoms with Crippen LogP contribution in [0.4, 0.5) is 0 Å². The van der Waals surface area contributed by atoms with Gasteiger partial charge in [0, 0.05) is 20.9 Å². The van der Waals surface area contributed by atoms with Crippen LogP contribution < -0.4 is 5.56 Å². The van der Waals surface area contributed by atoms with Gasteiger partial charge >= 0.3 is 0 Å². The maximum absolute atomic E-state index is 12.9. The van der Waals surface area contributed by atoms with Gasteiger partial charge in [-0.05, 0) is 48.0 Å². The minimum absolute atomic E-state index is 0.106. The van der Waals surface area contributed by atoms with Crippen molar-refractivity contribution < 1.29 is 9.21 Å². The third-order valence-corrected chi connectivity index (χ3v) is 4.72. The van der Waals surface area contributed by atoms with Crippen LogP contribution in [-0.2, 0) is 0 Å². The first-order chi connectivity index (χ1) is 13.1. The normalized spacial score (nSPS) is 11.3. The number of allylic oxidation sites excluding steroid dienone is 1. The van der Waals surface area contributed by atoms with Crippen molar-refractivity contribution in [3.63, 3.8) is 0 Å². The Morgan fingerprint density at radius 2 is 1.85 bits per heavy atom. The fraction of sp³-hybridized carbons (Fsp3) is 0. The van der Waals surface area contributed by atoms with Gasteiger partial charge in [-0.2, -0.15) is 0 Å². The fourth-order valence-corrected chi connectivity index (χ4v) is 3.39. The second-order valence-corrected chi connectivity index (χ2v) is 6.89. The lowest BCUT2D eigenvalue weighted by molar-refractivity contribution is 0.104. The Balaban J connectivity index is 1.98. The highest BCUT2D eigenvalue weighted by molar-refractivity contribution is 9.10. The summed E-state index contributed by atoms with van der Waals surface area (Å²) in [5, 5.41) is 0.796. The van der Waals surface area contributed by atoms with E-state index >= 15 is 0 Å². The molecule has 0 aliphatic carbocycles. The lowest BCUT2D eigenvalue weighted by Gasteiger charge is -2.11. The largest absolute Gasteiger partial charge is 0.465 e. The van der Waals surface area contributed by atoms with E-state index in [9.17, 15) is 9.59 Å². The molecule has 0 unspecified atom stereocenters. The molecule has 132 valence electrons. The molecule has 0 aliphatic heterocycles. The summed E-state index contributed by atoms with van der Waals surface area (Å²) < 4.78 is 6.08. The van der Waals surface area contributed by atoms with E-state index < -0.39 is 5.56 Å². The number of H-pyrrole nitrogens is 1. The summed E-state index contributed by atoms with van der Waals surface area (Å²) >= 11 is 3.47. The van der Waals surface area contributed by atoms with E-state index in [0.29, 0.717) is 16.8 Å². The van der Waals surface area contributed by atoms with Crippen molar-refractivity contribution in [2.75, 3.05) is 0 Å². The maximum Gasteiger partial charge on any atom is 0.260 e. The molecule has 0 aliphatic rings. The summed E-state index contributed by atoms with van der Waals surface area (Å²) in [6.07, 6.45) is 4.45. The SMILES string of the molecule is O=C(/C=C\c1ccco1)c1c(-c2ccccc2)c2cc(Br)ccc2[nH]c1=O. The first kappa shape index (κ1) is 17.2. The van der Waals surface area contributed by atoms with Crippen molar-refractivity contribution in [3.05, 3.63) is 99.2 Å². The monoisotopic (exact) mass is 419 g/mol. The van der Waals surface area contributed by atoms with E-state index in [4.69, 9.17) is 4.42 Å². The zero-order valence-electron chi connectivity index (χ0n) is 14.1. The molecule has 4 rings (SSSR count). The summed E-state index contributed by atoms with van der Waals surface area (Å²) in [6.45, 7) is 0. The molecule has 0 atom stereocenters. The van der Waals surface area contributed by atoms with Gasteiger partial charge in [-0.25, -0.2) is 0 Å². The first-order valence-electron chi connectivity index (χ1n) is 8.30. The van der Waals surface area contributed by atoms with Crippen LogP contribution in [0.3, 0.4) is 0 Å². The molecule has 4 aromatic rings. The molecule has 0 radical (unpaired) electrons. The molecule has 0 amide bonds. The topological polar surface area (TPSA) is 63.1 Å². The Morgan fingerprint density at radius 1 is 1.04 bits per heavy atom. The van der Waals surface area contributed by atoms with Crippen LogP contribution in [0.25, 0.3) is 28.1 Å². The van der Waals surface area contributed by atoms with Crippen molar-refractivity contribution in [1.82, 2.24) is 4.98 Å². The predicted molar refractivity (Wildman–Crippen MR) is 110 cm³/mol. The van der Waals surface area contributed by atoms with Crippen LogP contribution in [0.15, 0.2) is 86.7 Å². The Bertz CT molecular complexity index is 1210. The molecule has 0 saturated heterocycles. The number of pyridine rings is 1. The van der Waals surface area contributed by atoms with E-state index in [1.807, 2.05) is 48.5 Å². The number of aromatic amines is 1. The number of ketones is 1. The summed E-state index contributed by atoms with van der Waals surface area (Å²) in [6, 6.07) is 18.5. The molecule has 0 fully saturated rings. The Labute approximate surface area is 163 Å². The lowest BCUT2D eigenvalue weighted by atomic mass is 9.94. The average molecular weight is 420 g/mol. The van der Waals surface area contributed by atoms with Gasteiger partial charge in [0.1, 0.15) is 5.76 Å². The lowest BCUT2D eigenvalue weighted by Crippen LogP contribution is -2.18. The number of carbonyl (C=O) groups is 1. The quantitative estimate of drug-likeness (QED) is 0.353. The molecule has 0 bridgehead atoms. The Hall–Kier alpha value is -3.18. The minimum atomic E-state index is -0.419. The van der Waals surface area contributed by atoms with E-state index in [-0.39, 0.29) is 11.3 Å². The summed E-state index contributed by atoms with van der Waals surface area (Å²) in [5.74, 6) is 0.165. The van der Waals surface area contributed by atoms with Gasteiger partial charge in [0.15, 0.2) is 5.78 Å². The Kier molecular flexibility index (Phi) is 4.60. The molecular weight excluding hydrogens is 406 g/mol. The number of aromatic nitrogens is 1. The number of hydrogen-bond acceptors (Lipinski definition) is 3. The van der Waals surface area contributed by atoms with Crippen LogP contribution >= 0.6 is 15.9 Å². The highest BCUT2D eigenvalue weighted by Gasteiger charge is 2.19. The van der Waals surface area contributed by atoms with Crippen molar-refractivity contribution >= 4 is 38.7 Å². The van der Waals surface area contributed by atoms with E-state index in [1.54, 1.807) is 18.2 Å². The number of furan rings is 1. The second-order valence-electron chi connectivity index (χ2n) is 5.97.